The van der Waals surface area contributed by atoms with Crippen LogP contribution in [0.15, 0.2) is 23.8 Å². The number of halogens is 2. The summed E-state index contributed by atoms with van der Waals surface area (Å²) in [5, 5.41) is 10.8. The molecule has 0 aromatic carbocycles. The van der Waals surface area contributed by atoms with Crippen molar-refractivity contribution in [2.24, 2.45) is 28.6 Å². The fraction of sp³-hybridized carbons (Fsp3) is 0.720. The van der Waals surface area contributed by atoms with Crippen molar-refractivity contribution in [3.8, 4) is 0 Å². The zero-order chi connectivity index (χ0) is 24.4. The highest BCUT2D eigenvalue weighted by Gasteiger charge is 2.76. The van der Waals surface area contributed by atoms with Gasteiger partial charge in [-0.3, -0.25) is 14.4 Å². The molecule has 3 unspecified atom stereocenters. The van der Waals surface area contributed by atoms with Crippen molar-refractivity contribution in [3.63, 3.8) is 0 Å². The summed E-state index contributed by atoms with van der Waals surface area (Å²) < 4.78 is 36.3. The monoisotopic (exact) mass is 482 g/mol. The van der Waals surface area contributed by atoms with Gasteiger partial charge >= 0.3 is 5.97 Å². The van der Waals surface area contributed by atoms with Crippen LogP contribution in [-0.4, -0.2) is 45.4 Å². The van der Waals surface area contributed by atoms with Crippen LogP contribution in [-0.2, 0) is 19.1 Å². The van der Waals surface area contributed by atoms with Gasteiger partial charge in [0.25, 0.3) is 0 Å². The number of carbonyl (C=O) groups excluding carboxylic acids is 3. The Morgan fingerprint density at radius 1 is 1.30 bits per heavy atom. The van der Waals surface area contributed by atoms with Crippen molar-refractivity contribution in [3.05, 3.63) is 23.8 Å². The van der Waals surface area contributed by atoms with Gasteiger partial charge in [0.1, 0.15) is 6.01 Å². The SMILES string of the molecule is CCC(=O)O[C@]1(C(=O)SCF)CC[C@H]2C3C[C@H](C)C4=CC(=O)C=CC4(C)[C@@]3(F)[C@@H](O)CC21C. The summed E-state index contributed by atoms with van der Waals surface area (Å²) in [7, 11) is 0. The summed E-state index contributed by atoms with van der Waals surface area (Å²) in [6.45, 7) is 7.09. The smallest absolute Gasteiger partial charge is 0.306 e. The van der Waals surface area contributed by atoms with Crippen LogP contribution in [0.25, 0.3) is 0 Å². The predicted octanol–water partition coefficient (Wildman–Crippen LogP) is 4.48. The van der Waals surface area contributed by atoms with Gasteiger partial charge in [-0.15, -0.1) is 0 Å². The number of aliphatic hydroxyl groups excluding tert-OH is 1. The molecular weight excluding hydrogens is 450 g/mol. The van der Waals surface area contributed by atoms with Crippen molar-refractivity contribution in [2.45, 2.75) is 77.2 Å². The Morgan fingerprint density at radius 2 is 2.00 bits per heavy atom. The number of hydrogen-bond acceptors (Lipinski definition) is 6. The van der Waals surface area contributed by atoms with Crippen LogP contribution in [0.5, 0.6) is 0 Å². The number of esters is 1. The van der Waals surface area contributed by atoms with Gasteiger partial charge in [-0.25, -0.2) is 8.78 Å². The highest BCUT2D eigenvalue weighted by atomic mass is 32.2. The maximum atomic E-state index is 17.3. The van der Waals surface area contributed by atoms with Gasteiger partial charge in [0.05, 0.1) is 6.10 Å². The van der Waals surface area contributed by atoms with Gasteiger partial charge in [0.2, 0.25) is 5.12 Å². The van der Waals surface area contributed by atoms with Gasteiger partial charge < -0.3 is 9.84 Å². The quantitative estimate of drug-likeness (QED) is 0.595. The van der Waals surface area contributed by atoms with Gasteiger partial charge in [-0.05, 0) is 68.4 Å². The largest absolute Gasteiger partial charge is 0.449 e. The molecule has 33 heavy (non-hydrogen) atoms. The Balaban J connectivity index is 1.83. The first-order chi connectivity index (χ1) is 15.4. The van der Waals surface area contributed by atoms with E-state index < -0.39 is 51.2 Å². The Labute approximate surface area is 197 Å². The van der Waals surface area contributed by atoms with Crippen molar-refractivity contribution < 1.29 is 33.0 Å². The van der Waals surface area contributed by atoms with Crippen LogP contribution in [0.2, 0.25) is 0 Å². The minimum atomic E-state index is -2.05. The Hall–Kier alpha value is -1.54. The molecule has 0 heterocycles. The number of ether oxygens (including phenoxy) is 1. The van der Waals surface area contributed by atoms with Crippen LogP contribution in [0.4, 0.5) is 8.78 Å². The lowest BCUT2D eigenvalue weighted by atomic mass is 9.43. The molecule has 0 spiro atoms. The molecule has 0 aliphatic heterocycles. The van der Waals surface area contributed by atoms with E-state index in [4.69, 9.17) is 4.74 Å². The Kier molecular flexibility index (Phi) is 5.96. The molecule has 4 aliphatic carbocycles. The van der Waals surface area contributed by atoms with E-state index in [2.05, 4.69) is 0 Å². The molecule has 4 rings (SSSR count). The first kappa shape index (κ1) is 24.6. The zero-order valence-corrected chi connectivity index (χ0v) is 20.3. The van der Waals surface area contributed by atoms with Gasteiger partial charge in [-0.2, -0.15) is 0 Å². The van der Waals surface area contributed by atoms with Crippen molar-refractivity contribution in [1.29, 1.82) is 0 Å². The molecule has 3 fully saturated rings. The van der Waals surface area contributed by atoms with E-state index in [9.17, 15) is 23.9 Å². The van der Waals surface area contributed by atoms with Crippen LogP contribution in [0, 0.1) is 28.6 Å². The molecule has 0 aromatic heterocycles. The third-order valence-electron chi connectivity index (χ3n) is 9.18. The van der Waals surface area contributed by atoms with Crippen LogP contribution in [0.3, 0.4) is 0 Å². The molecule has 5 nitrogen and oxygen atoms in total. The lowest BCUT2D eigenvalue weighted by Crippen LogP contribution is -2.70. The molecule has 8 heteroatoms. The predicted molar refractivity (Wildman–Crippen MR) is 121 cm³/mol. The van der Waals surface area contributed by atoms with Crippen LogP contribution >= 0.6 is 11.8 Å². The van der Waals surface area contributed by atoms with Crippen molar-refractivity contribution in [2.75, 3.05) is 6.01 Å². The third-order valence-corrected chi connectivity index (χ3v) is 9.88. The number of alkyl halides is 2. The second-order valence-electron chi connectivity index (χ2n) is 10.5. The van der Waals surface area contributed by atoms with E-state index in [0.717, 1.165) is 0 Å². The van der Waals surface area contributed by atoms with Gasteiger partial charge in [-0.1, -0.05) is 32.4 Å². The number of ketones is 1. The second kappa shape index (κ2) is 8.01. The van der Waals surface area contributed by atoms with Crippen LogP contribution in [0.1, 0.15) is 59.8 Å². The summed E-state index contributed by atoms with van der Waals surface area (Å²) in [4.78, 5) is 37.7. The number of carbonyl (C=O) groups is 3. The Morgan fingerprint density at radius 3 is 2.64 bits per heavy atom. The van der Waals surface area contributed by atoms with Crippen LogP contribution < -0.4 is 0 Å². The maximum absolute atomic E-state index is 17.3. The molecule has 0 radical (unpaired) electrons. The van der Waals surface area contributed by atoms with Gasteiger partial charge in [0, 0.05) is 23.2 Å². The van der Waals surface area contributed by atoms with Crippen molar-refractivity contribution >= 4 is 28.6 Å². The first-order valence-electron chi connectivity index (χ1n) is 11.7. The number of rotatable bonds is 4. The number of allylic oxidation sites excluding steroid dienone is 4. The van der Waals surface area contributed by atoms with E-state index in [0.29, 0.717) is 30.2 Å². The molecular formula is C25H32F2O5S. The highest BCUT2D eigenvalue weighted by molar-refractivity contribution is 8.13. The molecule has 8 atom stereocenters. The van der Waals surface area contributed by atoms with E-state index in [-0.39, 0.29) is 36.9 Å². The van der Waals surface area contributed by atoms with E-state index >= 15 is 4.39 Å². The summed E-state index contributed by atoms with van der Waals surface area (Å²) in [5.74, 6) is -1.83. The lowest BCUT2D eigenvalue weighted by molar-refractivity contribution is -0.225. The molecule has 0 bridgehead atoms. The fourth-order valence-corrected chi connectivity index (χ4v) is 8.27. The number of thioether (sulfide) groups is 1. The summed E-state index contributed by atoms with van der Waals surface area (Å²) in [6, 6.07) is -0.952. The minimum absolute atomic E-state index is 0.0528. The molecule has 3 saturated carbocycles. The minimum Gasteiger partial charge on any atom is -0.449 e. The zero-order valence-electron chi connectivity index (χ0n) is 19.5. The van der Waals surface area contributed by atoms with E-state index in [1.54, 1.807) is 26.8 Å². The summed E-state index contributed by atoms with van der Waals surface area (Å²) in [6.07, 6.45) is 3.95. The van der Waals surface area contributed by atoms with Crippen molar-refractivity contribution in [1.82, 2.24) is 0 Å². The average Bonchev–Trinajstić information content (AvgIpc) is 3.04. The molecule has 0 amide bonds. The summed E-state index contributed by atoms with van der Waals surface area (Å²) in [5.41, 5.74) is -5.17. The van der Waals surface area contributed by atoms with E-state index in [1.807, 2.05) is 6.92 Å². The second-order valence-corrected chi connectivity index (χ2v) is 11.4. The molecule has 1 N–H and O–H groups in total. The molecule has 0 saturated heterocycles. The van der Waals surface area contributed by atoms with E-state index in [1.165, 1.54) is 12.2 Å². The fourth-order valence-electron chi connectivity index (χ4n) is 7.57. The topological polar surface area (TPSA) is 80.7 Å². The third kappa shape index (κ3) is 3.08. The lowest BCUT2D eigenvalue weighted by Gasteiger charge is -2.63. The average molecular weight is 483 g/mol. The maximum Gasteiger partial charge on any atom is 0.306 e. The number of aliphatic hydroxyl groups is 1. The molecule has 0 aromatic rings. The highest BCUT2D eigenvalue weighted by Crippen LogP contribution is 2.71. The summed E-state index contributed by atoms with van der Waals surface area (Å²) >= 11 is 0.466. The number of hydrogen-bond donors (Lipinski definition) is 1. The molecule has 182 valence electrons. The standard InChI is InChI=1S/C25H32F2O5S/c1-5-20(30)32-24(21(31)33-13-26)9-7-16-18-10-14(2)17-11-15(28)6-8-22(17,3)25(18,27)19(29)12-23(16,24)4/h6,8,11,14,16,18-19,29H,5,7,9-10,12-13H2,1-4H3/t14-,16-,18?,19-,22?,23?,24-,25-/m0/s1. The normalized spacial score (nSPS) is 46.2. The Bertz CT molecular complexity index is 949. The first-order valence-corrected chi connectivity index (χ1v) is 12.7. The van der Waals surface area contributed by atoms with Gasteiger partial charge in [0.15, 0.2) is 17.1 Å². The molecule has 4 aliphatic rings. The number of fused-ring (bicyclic) bond motifs is 5.